The molecule has 0 fully saturated rings. The lowest BCUT2D eigenvalue weighted by molar-refractivity contribution is 0.0696. The number of fused-ring (bicyclic) bond motifs is 1. The maximum atomic E-state index is 12.3. The molecular formula is C22H16ClNO4. The van der Waals surface area contributed by atoms with Crippen molar-refractivity contribution in [1.29, 1.82) is 0 Å². The van der Waals surface area contributed by atoms with Crippen LogP contribution in [0.5, 0.6) is 0 Å². The van der Waals surface area contributed by atoms with Crippen LogP contribution in [0.15, 0.2) is 75.9 Å². The number of nitrogens with zero attached hydrogens (tertiary/aromatic N) is 1. The van der Waals surface area contributed by atoms with Crippen molar-refractivity contribution < 1.29 is 14.3 Å². The summed E-state index contributed by atoms with van der Waals surface area (Å²) in [6, 6.07) is 20.0. The summed E-state index contributed by atoms with van der Waals surface area (Å²) in [5.41, 5.74) is 3.83. The van der Waals surface area contributed by atoms with Gasteiger partial charge in [0.05, 0.1) is 17.6 Å². The van der Waals surface area contributed by atoms with E-state index in [9.17, 15) is 14.7 Å². The summed E-state index contributed by atoms with van der Waals surface area (Å²) >= 11 is 5.91. The Morgan fingerprint density at radius 2 is 1.79 bits per heavy atom. The van der Waals surface area contributed by atoms with Gasteiger partial charge in [-0.05, 0) is 47.4 Å². The molecule has 0 unspecified atom stereocenters. The van der Waals surface area contributed by atoms with Crippen LogP contribution in [0, 0.1) is 0 Å². The third kappa shape index (κ3) is 3.57. The molecule has 0 aliphatic heterocycles. The maximum Gasteiger partial charge on any atom is 0.420 e. The van der Waals surface area contributed by atoms with E-state index >= 15 is 0 Å². The first-order valence-electron chi connectivity index (χ1n) is 8.69. The Morgan fingerprint density at radius 1 is 1.00 bits per heavy atom. The largest absolute Gasteiger partial charge is 0.478 e. The Balaban J connectivity index is 1.68. The van der Waals surface area contributed by atoms with Gasteiger partial charge >= 0.3 is 11.7 Å². The van der Waals surface area contributed by atoms with Crippen LogP contribution in [0.25, 0.3) is 11.1 Å². The SMILES string of the molecule is O=C(O)c1cc(Cl)ccc1Cc1ccc2c(c1)oc(=O)n2Cc1ccccc1. The van der Waals surface area contributed by atoms with Gasteiger partial charge in [0.25, 0.3) is 0 Å². The van der Waals surface area contributed by atoms with Gasteiger partial charge in [-0.15, -0.1) is 0 Å². The Kier molecular flexibility index (Phi) is 4.75. The fourth-order valence-electron chi connectivity index (χ4n) is 3.26. The fourth-order valence-corrected chi connectivity index (χ4v) is 3.43. The lowest BCUT2D eigenvalue weighted by Crippen LogP contribution is -2.14. The second kappa shape index (κ2) is 7.37. The Morgan fingerprint density at radius 3 is 2.54 bits per heavy atom. The average Bonchev–Trinajstić information content (AvgIpc) is 2.98. The lowest BCUT2D eigenvalue weighted by atomic mass is 9.99. The topological polar surface area (TPSA) is 72.4 Å². The van der Waals surface area contributed by atoms with Crippen molar-refractivity contribution in [2.24, 2.45) is 0 Å². The van der Waals surface area contributed by atoms with Crippen molar-refractivity contribution in [2.75, 3.05) is 0 Å². The van der Waals surface area contributed by atoms with Gasteiger partial charge in [0, 0.05) is 5.02 Å². The highest BCUT2D eigenvalue weighted by atomic mass is 35.5. The van der Waals surface area contributed by atoms with Gasteiger partial charge < -0.3 is 9.52 Å². The van der Waals surface area contributed by atoms with Gasteiger partial charge in [0.2, 0.25) is 0 Å². The van der Waals surface area contributed by atoms with E-state index in [0.717, 1.165) is 11.1 Å². The van der Waals surface area contributed by atoms with Crippen molar-refractivity contribution in [1.82, 2.24) is 4.57 Å². The zero-order valence-corrected chi connectivity index (χ0v) is 15.5. The van der Waals surface area contributed by atoms with E-state index < -0.39 is 11.7 Å². The Labute approximate surface area is 165 Å². The van der Waals surface area contributed by atoms with Gasteiger partial charge in [0.1, 0.15) is 0 Å². The predicted octanol–water partition coefficient (Wildman–Crippen LogP) is 4.59. The zero-order valence-electron chi connectivity index (χ0n) is 14.8. The number of hydrogen-bond donors (Lipinski definition) is 1. The Hall–Kier alpha value is -3.31. The number of carboxylic acids is 1. The number of halogens is 1. The van der Waals surface area contributed by atoms with Crippen molar-refractivity contribution >= 4 is 28.7 Å². The summed E-state index contributed by atoms with van der Waals surface area (Å²) in [7, 11) is 0. The number of hydrogen-bond acceptors (Lipinski definition) is 3. The molecule has 1 N–H and O–H groups in total. The number of rotatable bonds is 5. The Bertz CT molecular complexity index is 1220. The van der Waals surface area contributed by atoms with Crippen LogP contribution in [0.3, 0.4) is 0 Å². The minimum absolute atomic E-state index is 0.163. The molecule has 3 aromatic carbocycles. The van der Waals surface area contributed by atoms with Crippen LogP contribution in [0.1, 0.15) is 27.0 Å². The van der Waals surface area contributed by atoms with Crippen molar-refractivity contribution in [2.45, 2.75) is 13.0 Å². The van der Waals surface area contributed by atoms with Gasteiger partial charge in [-0.2, -0.15) is 0 Å². The molecule has 0 saturated carbocycles. The van der Waals surface area contributed by atoms with E-state index in [-0.39, 0.29) is 5.56 Å². The van der Waals surface area contributed by atoms with Crippen LogP contribution in [-0.4, -0.2) is 15.6 Å². The van der Waals surface area contributed by atoms with Crippen LogP contribution < -0.4 is 5.76 Å². The molecule has 4 rings (SSSR count). The van der Waals surface area contributed by atoms with Gasteiger partial charge in [-0.3, -0.25) is 4.57 Å². The monoisotopic (exact) mass is 393 g/mol. The molecule has 5 nitrogen and oxygen atoms in total. The number of carboxylic acid groups (broad SMARTS) is 1. The number of carbonyl (C=O) groups is 1. The quantitative estimate of drug-likeness (QED) is 0.538. The number of benzene rings is 3. The molecular weight excluding hydrogens is 378 g/mol. The van der Waals surface area contributed by atoms with Crippen LogP contribution >= 0.6 is 11.6 Å². The third-order valence-corrected chi connectivity index (χ3v) is 4.85. The summed E-state index contributed by atoms with van der Waals surface area (Å²) in [6.07, 6.45) is 0.391. The first-order valence-corrected chi connectivity index (χ1v) is 9.07. The van der Waals surface area contributed by atoms with Gasteiger partial charge in [0.15, 0.2) is 5.58 Å². The molecule has 0 aliphatic rings. The molecule has 1 aromatic heterocycles. The first kappa shape index (κ1) is 18.1. The standard InChI is InChI=1S/C22H16ClNO4/c23-17-8-7-16(18(12-17)21(25)26)10-15-6-9-19-20(11-15)28-22(27)24(19)13-14-4-2-1-3-5-14/h1-9,11-12H,10,13H2,(H,25,26). The number of oxazole rings is 1. The smallest absolute Gasteiger partial charge is 0.420 e. The van der Waals surface area contributed by atoms with Gasteiger partial charge in [-0.1, -0.05) is 54.1 Å². The number of aromatic carboxylic acids is 1. The summed E-state index contributed by atoms with van der Waals surface area (Å²) < 4.78 is 7.00. The molecule has 0 aliphatic carbocycles. The lowest BCUT2D eigenvalue weighted by Gasteiger charge is -2.07. The van der Waals surface area contributed by atoms with Crippen molar-refractivity contribution in [3.63, 3.8) is 0 Å². The van der Waals surface area contributed by atoms with Crippen LogP contribution in [-0.2, 0) is 13.0 Å². The molecule has 0 bridgehead atoms. The highest BCUT2D eigenvalue weighted by Crippen LogP contribution is 2.22. The first-order chi connectivity index (χ1) is 13.5. The molecule has 0 atom stereocenters. The molecule has 1 heterocycles. The fraction of sp³-hybridized carbons (Fsp3) is 0.0909. The number of aromatic nitrogens is 1. The summed E-state index contributed by atoms with van der Waals surface area (Å²) in [5.74, 6) is -1.45. The second-order valence-electron chi connectivity index (χ2n) is 6.53. The minimum atomic E-state index is -1.03. The van der Waals surface area contributed by atoms with Crippen molar-refractivity contribution in [3.05, 3.63) is 105 Å². The van der Waals surface area contributed by atoms with Crippen LogP contribution in [0.4, 0.5) is 0 Å². The van der Waals surface area contributed by atoms with E-state index in [4.69, 9.17) is 16.0 Å². The van der Waals surface area contributed by atoms with E-state index in [1.807, 2.05) is 42.5 Å². The second-order valence-corrected chi connectivity index (χ2v) is 6.96. The van der Waals surface area contributed by atoms with E-state index in [2.05, 4.69) is 0 Å². The maximum absolute atomic E-state index is 12.3. The van der Waals surface area contributed by atoms with E-state index in [1.54, 1.807) is 22.8 Å². The van der Waals surface area contributed by atoms with E-state index in [0.29, 0.717) is 34.7 Å². The molecule has 0 radical (unpaired) electrons. The molecule has 4 aromatic rings. The van der Waals surface area contributed by atoms with Crippen molar-refractivity contribution in [3.8, 4) is 0 Å². The molecule has 140 valence electrons. The summed E-state index contributed by atoms with van der Waals surface area (Å²) in [4.78, 5) is 23.8. The van der Waals surface area contributed by atoms with Gasteiger partial charge in [-0.25, -0.2) is 9.59 Å². The highest BCUT2D eigenvalue weighted by molar-refractivity contribution is 6.31. The highest BCUT2D eigenvalue weighted by Gasteiger charge is 2.14. The normalized spacial score (nSPS) is 11.0. The summed E-state index contributed by atoms with van der Waals surface area (Å²) in [5, 5.41) is 9.77. The van der Waals surface area contributed by atoms with E-state index in [1.165, 1.54) is 6.07 Å². The summed E-state index contributed by atoms with van der Waals surface area (Å²) in [6.45, 7) is 0.423. The molecule has 0 saturated heterocycles. The average molecular weight is 394 g/mol. The molecule has 28 heavy (non-hydrogen) atoms. The van der Waals surface area contributed by atoms with Crippen LogP contribution in [0.2, 0.25) is 5.02 Å². The predicted molar refractivity (Wildman–Crippen MR) is 107 cm³/mol. The molecule has 0 spiro atoms. The third-order valence-electron chi connectivity index (χ3n) is 4.61. The minimum Gasteiger partial charge on any atom is -0.478 e. The molecule has 0 amide bonds. The zero-order chi connectivity index (χ0) is 19.7. The molecule has 6 heteroatoms.